The van der Waals surface area contributed by atoms with E-state index in [1.165, 1.54) is 0 Å². The van der Waals surface area contributed by atoms with Gasteiger partial charge in [0.15, 0.2) is 0 Å². The molecule has 2 aliphatic heterocycles. The summed E-state index contributed by atoms with van der Waals surface area (Å²) in [6.07, 6.45) is 4.68. The number of benzene rings is 2. The Bertz CT molecular complexity index is 1250. The highest BCUT2D eigenvalue weighted by molar-refractivity contribution is 6.39. The van der Waals surface area contributed by atoms with E-state index < -0.39 is 17.8 Å². The van der Waals surface area contributed by atoms with E-state index in [0.29, 0.717) is 5.69 Å². The molecule has 0 aliphatic carbocycles. The molecule has 0 aromatic heterocycles. The van der Waals surface area contributed by atoms with Crippen LogP contribution in [0.3, 0.4) is 0 Å². The third kappa shape index (κ3) is 3.94. The fourth-order valence-corrected chi connectivity index (χ4v) is 4.91. The first-order valence-electron chi connectivity index (χ1n) is 11.7. The molecule has 2 heterocycles. The second kappa shape index (κ2) is 8.60. The lowest BCUT2D eigenvalue weighted by Gasteiger charge is -2.43. The van der Waals surface area contributed by atoms with Gasteiger partial charge in [0, 0.05) is 17.8 Å². The first-order valence-corrected chi connectivity index (χ1v) is 11.7. The van der Waals surface area contributed by atoms with Crippen LogP contribution in [0, 0.1) is 6.92 Å². The average Bonchev–Trinajstić information content (AvgIpc) is 2.77. The van der Waals surface area contributed by atoms with Crippen LogP contribution in [-0.2, 0) is 16.0 Å². The summed E-state index contributed by atoms with van der Waals surface area (Å²) >= 11 is 0. The van der Waals surface area contributed by atoms with Crippen LogP contribution >= 0.6 is 0 Å². The minimum atomic E-state index is -0.738. The van der Waals surface area contributed by atoms with Crippen molar-refractivity contribution in [1.82, 2.24) is 5.32 Å². The molecule has 1 fully saturated rings. The lowest BCUT2D eigenvalue weighted by atomic mass is 9.86. The number of nitrogens with one attached hydrogen (secondary N) is 1. The zero-order valence-electron chi connectivity index (χ0n) is 20.7. The molecule has 2 aromatic carbocycles. The van der Waals surface area contributed by atoms with Crippen LogP contribution in [0.15, 0.2) is 48.0 Å². The number of imide groups is 2. The third-order valence-corrected chi connectivity index (χ3v) is 6.69. The van der Waals surface area contributed by atoms with E-state index in [2.05, 4.69) is 50.1 Å². The van der Waals surface area contributed by atoms with E-state index >= 15 is 0 Å². The van der Waals surface area contributed by atoms with Gasteiger partial charge in [0.25, 0.3) is 11.8 Å². The number of carbonyl (C=O) groups is 3. The molecule has 0 bridgehead atoms. The maximum absolute atomic E-state index is 13.3. The zero-order chi connectivity index (χ0) is 24.8. The maximum Gasteiger partial charge on any atom is 0.335 e. The summed E-state index contributed by atoms with van der Waals surface area (Å²) in [7, 11) is 0. The molecule has 6 heteroatoms. The van der Waals surface area contributed by atoms with Gasteiger partial charge in [0.2, 0.25) is 0 Å². The van der Waals surface area contributed by atoms with Gasteiger partial charge in [0.05, 0.1) is 11.2 Å². The molecule has 6 nitrogen and oxygen atoms in total. The Morgan fingerprint density at radius 2 is 1.68 bits per heavy atom. The summed E-state index contributed by atoms with van der Waals surface area (Å²) < 4.78 is 0. The Morgan fingerprint density at radius 1 is 1.00 bits per heavy atom. The normalized spacial score (nSPS) is 18.7. The van der Waals surface area contributed by atoms with Crippen molar-refractivity contribution >= 4 is 40.9 Å². The number of hydrogen-bond acceptors (Lipinski definition) is 4. The van der Waals surface area contributed by atoms with Crippen LogP contribution < -0.4 is 15.1 Å². The van der Waals surface area contributed by atoms with E-state index in [4.69, 9.17) is 0 Å². The number of fused-ring (bicyclic) bond motifs is 1. The number of rotatable bonds is 4. The number of carbonyl (C=O) groups excluding carboxylic acids is 3. The van der Waals surface area contributed by atoms with Crippen molar-refractivity contribution in [3.05, 3.63) is 70.3 Å². The van der Waals surface area contributed by atoms with Gasteiger partial charge in [0.1, 0.15) is 5.57 Å². The lowest BCUT2D eigenvalue weighted by molar-refractivity contribution is -0.122. The van der Waals surface area contributed by atoms with Crippen LogP contribution in [-0.4, -0.2) is 29.9 Å². The molecule has 0 radical (unpaired) electrons. The molecule has 4 rings (SSSR count). The molecule has 0 unspecified atom stereocenters. The molecule has 176 valence electrons. The molecule has 2 aliphatic rings. The number of urea groups is 1. The molecule has 1 N–H and O–H groups in total. The Kier molecular flexibility index (Phi) is 5.94. The fourth-order valence-electron chi connectivity index (χ4n) is 4.91. The van der Waals surface area contributed by atoms with Gasteiger partial charge < -0.3 is 4.90 Å². The number of hydrogen-bond donors (Lipinski definition) is 1. The zero-order valence-corrected chi connectivity index (χ0v) is 20.7. The highest BCUT2D eigenvalue weighted by Gasteiger charge is 2.37. The van der Waals surface area contributed by atoms with Gasteiger partial charge in [-0.15, -0.1) is 0 Å². The molecule has 0 saturated carbocycles. The highest BCUT2D eigenvalue weighted by atomic mass is 16.2. The smallest absolute Gasteiger partial charge is 0.335 e. The molecular weight excluding hydrogens is 426 g/mol. The summed E-state index contributed by atoms with van der Waals surface area (Å²) in [5.74, 6) is -1.31. The van der Waals surface area contributed by atoms with Crippen LogP contribution in [0.2, 0.25) is 0 Å². The Labute approximate surface area is 200 Å². The van der Waals surface area contributed by atoms with Crippen molar-refractivity contribution in [2.24, 2.45) is 0 Å². The maximum atomic E-state index is 13.3. The van der Waals surface area contributed by atoms with Gasteiger partial charge in [-0.2, -0.15) is 0 Å². The van der Waals surface area contributed by atoms with Gasteiger partial charge in [-0.1, -0.05) is 25.1 Å². The number of allylic oxidation sites excluding steroid dienone is 1. The number of aryl methyl sites for hydroxylation is 2. The average molecular weight is 458 g/mol. The van der Waals surface area contributed by atoms with E-state index in [1.54, 1.807) is 18.2 Å². The van der Waals surface area contributed by atoms with Crippen molar-refractivity contribution in [2.75, 3.05) is 16.3 Å². The summed E-state index contributed by atoms with van der Waals surface area (Å²) in [6.45, 7) is 13.5. The second-order valence-electron chi connectivity index (χ2n) is 9.43. The summed E-state index contributed by atoms with van der Waals surface area (Å²) in [5.41, 5.74) is 6.44. The van der Waals surface area contributed by atoms with Crippen LogP contribution in [0.5, 0.6) is 0 Å². The first-order chi connectivity index (χ1) is 16.1. The number of barbiturate groups is 1. The van der Waals surface area contributed by atoms with Crippen molar-refractivity contribution in [2.45, 2.75) is 53.5 Å². The van der Waals surface area contributed by atoms with Crippen molar-refractivity contribution in [3.63, 3.8) is 0 Å². The lowest BCUT2D eigenvalue weighted by Crippen LogP contribution is -2.54. The third-order valence-electron chi connectivity index (χ3n) is 6.69. The highest BCUT2D eigenvalue weighted by Crippen LogP contribution is 2.40. The van der Waals surface area contributed by atoms with E-state index in [0.717, 1.165) is 51.4 Å². The van der Waals surface area contributed by atoms with Crippen LogP contribution in [0.1, 0.15) is 56.9 Å². The summed E-state index contributed by atoms with van der Waals surface area (Å²) in [4.78, 5) is 41.9. The van der Waals surface area contributed by atoms with Gasteiger partial charge >= 0.3 is 6.03 Å². The van der Waals surface area contributed by atoms with Crippen LogP contribution in [0.25, 0.3) is 11.6 Å². The number of nitrogens with zero attached hydrogens (tertiary/aromatic N) is 2. The standard InChI is InChI=1S/C28H31N3O3/c1-7-19-9-11-21(12-10-19)31-26(33)23(25(32)29-27(31)34)15-20-14-22-18(4)16-28(5,6)30(8-2)24(22)13-17(20)3/h9-16H,7-8H2,1-6H3,(H,29,32,34)/b23-15-. The number of amides is 4. The molecule has 0 atom stereocenters. The van der Waals surface area contributed by atoms with Crippen molar-refractivity contribution in [3.8, 4) is 0 Å². The first kappa shape index (κ1) is 23.5. The topological polar surface area (TPSA) is 69.7 Å². The van der Waals surface area contributed by atoms with Gasteiger partial charge in [-0.25, -0.2) is 9.69 Å². The van der Waals surface area contributed by atoms with Gasteiger partial charge in [-0.05, 0) is 93.6 Å². The Hall–Kier alpha value is -3.67. The summed E-state index contributed by atoms with van der Waals surface area (Å²) in [5, 5.41) is 2.31. The van der Waals surface area contributed by atoms with Crippen molar-refractivity contribution < 1.29 is 14.4 Å². The molecule has 4 amide bonds. The minimum absolute atomic E-state index is 0.0627. The van der Waals surface area contributed by atoms with Crippen molar-refractivity contribution in [1.29, 1.82) is 0 Å². The molecular formula is C28H31N3O3. The predicted molar refractivity (Wildman–Crippen MR) is 137 cm³/mol. The quantitative estimate of drug-likeness (QED) is 0.503. The predicted octanol–water partition coefficient (Wildman–Crippen LogP) is 5.25. The fraction of sp³-hybridized carbons (Fsp3) is 0.321. The SMILES string of the molecule is CCc1ccc(N2C(=O)NC(=O)/C(=C/c3cc4c(cc3C)N(CC)C(C)(C)C=C4C)C2=O)cc1. The van der Waals surface area contributed by atoms with E-state index in [9.17, 15) is 14.4 Å². The van der Waals surface area contributed by atoms with Crippen LogP contribution in [0.4, 0.5) is 16.2 Å². The second-order valence-corrected chi connectivity index (χ2v) is 9.43. The number of anilines is 2. The molecule has 0 spiro atoms. The minimum Gasteiger partial charge on any atom is -0.363 e. The van der Waals surface area contributed by atoms with Gasteiger partial charge in [-0.3, -0.25) is 14.9 Å². The van der Waals surface area contributed by atoms with E-state index in [1.807, 2.05) is 32.0 Å². The molecule has 34 heavy (non-hydrogen) atoms. The Balaban J connectivity index is 1.77. The molecule has 1 saturated heterocycles. The molecule has 2 aromatic rings. The summed E-state index contributed by atoms with van der Waals surface area (Å²) in [6, 6.07) is 10.6. The largest absolute Gasteiger partial charge is 0.363 e. The van der Waals surface area contributed by atoms with E-state index in [-0.39, 0.29) is 11.1 Å². The number of likely N-dealkylation sites (N-methyl/N-ethyl adjacent to an activating group) is 1. The Morgan fingerprint density at radius 3 is 2.29 bits per heavy atom. The monoisotopic (exact) mass is 457 g/mol.